The summed E-state index contributed by atoms with van der Waals surface area (Å²) in [5, 5.41) is 11.7. The maximum atomic E-state index is 12.1. The lowest BCUT2D eigenvalue weighted by Crippen LogP contribution is -2.54. The van der Waals surface area contributed by atoms with E-state index in [2.05, 4.69) is 5.32 Å². The van der Waals surface area contributed by atoms with Crippen LogP contribution in [0.25, 0.3) is 0 Å². The van der Waals surface area contributed by atoms with Crippen LogP contribution in [0.3, 0.4) is 0 Å². The second-order valence-corrected chi connectivity index (χ2v) is 4.90. The smallest absolute Gasteiger partial charge is 0.334 e. The highest BCUT2D eigenvalue weighted by atomic mass is 16.5. The molecule has 1 aliphatic rings. The Balaban J connectivity index is 2.54. The number of urea groups is 1. The lowest BCUT2D eigenvalue weighted by molar-refractivity contribution is -0.154. The van der Waals surface area contributed by atoms with Crippen LogP contribution in [0.1, 0.15) is 13.8 Å². The summed E-state index contributed by atoms with van der Waals surface area (Å²) in [6.07, 6.45) is -0.945. The number of aliphatic carboxylic acids is 1. The molecule has 0 aromatic heterocycles. The molecule has 0 aromatic rings. The molecule has 0 radical (unpaired) electrons. The van der Waals surface area contributed by atoms with Crippen molar-refractivity contribution in [2.24, 2.45) is 5.92 Å². The van der Waals surface area contributed by atoms with Crippen molar-refractivity contribution >= 4 is 12.0 Å². The number of hydrogen-bond donors (Lipinski definition) is 2. The molecule has 0 saturated carbocycles. The molecule has 0 aliphatic carbocycles. The number of carboxylic acid groups (broad SMARTS) is 1. The summed E-state index contributed by atoms with van der Waals surface area (Å²) in [5.41, 5.74) is 0. The second kappa shape index (κ2) is 7.30. The molecule has 0 aromatic carbocycles. The van der Waals surface area contributed by atoms with Crippen LogP contribution >= 0.6 is 0 Å². The fourth-order valence-corrected chi connectivity index (χ4v) is 1.81. The fourth-order valence-electron chi connectivity index (χ4n) is 1.81. The molecule has 19 heavy (non-hydrogen) atoms. The van der Waals surface area contributed by atoms with Crippen molar-refractivity contribution in [3.05, 3.63) is 0 Å². The van der Waals surface area contributed by atoms with E-state index in [1.807, 2.05) is 13.8 Å². The van der Waals surface area contributed by atoms with Gasteiger partial charge in [0.1, 0.15) is 0 Å². The van der Waals surface area contributed by atoms with Crippen molar-refractivity contribution < 1.29 is 24.2 Å². The van der Waals surface area contributed by atoms with Crippen LogP contribution in [0, 0.1) is 5.92 Å². The first-order valence-electron chi connectivity index (χ1n) is 6.34. The highest BCUT2D eigenvalue weighted by molar-refractivity contribution is 5.77. The average molecular weight is 274 g/mol. The summed E-state index contributed by atoms with van der Waals surface area (Å²) in [7, 11) is 1.58. The zero-order chi connectivity index (χ0) is 14.4. The number of nitrogens with one attached hydrogen (secondary N) is 1. The first kappa shape index (κ1) is 15.7. The summed E-state index contributed by atoms with van der Waals surface area (Å²) >= 11 is 0. The number of hydrogen-bond acceptors (Lipinski definition) is 4. The largest absolute Gasteiger partial charge is 0.479 e. The van der Waals surface area contributed by atoms with Crippen LogP contribution in [0.15, 0.2) is 0 Å². The normalized spacial score (nSPS) is 21.3. The molecule has 1 rings (SSSR count). The average Bonchev–Trinajstić information content (AvgIpc) is 2.38. The first-order chi connectivity index (χ1) is 8.95. The highest BCUT2D eigenvalue weighted by Crippen LogP contribution is 2.08. The van der Waals surface area contributed by atoms with Crippen LogP contribution in [0.5, 0.6) is 0 Å². The molecule has 0 bridgehead atoms. The van der Waals surface area contributed by atoms with E-state index in [-0.39, 0.29) is 31.1 Å². The van der Waals surface area contributed by atoms with E-state index in [1.54, 1.807) is 7.11 Å². The van der Waals surface area contributed by atoms with Gasteiger partial charge in [0, 0.05) is 13.7 Å². The number of carboxylic acids is 1. The number of rotatable bonds is 5. The Kier molecular flexibility index (Phi) is 6.04. The number of ether oxygens (including phenoxy) is 2. The van der Waals surface area contributed by atoms with Crippen LogP contribution < -0.4 is 5.32 Å². The topological polar surface area (TPSA) is 88.1 Å². The lowest BCUT2D eigenvalue weighted by atomic mass is 10.1. The third-order valence-electron chi connectivity index (χ3n) is 3.09. The van der Waals surface area contributed by atoms with Gasteiger partial charge in [-0.05, 0) is 5.92 Å². The minimum Gasteiger partial charge on any atom is -0.479 e. The van der Waals surface area contributed by atoms with Crippen LogP contribution in [0.4, 0.5) is 4.79 Å². The van der Waals surface area contributed by atoms with Gasteiger partial charge in [-0.1, -0.05) is 13.8 Å². The molecular formula is C12H22N2O5. The molecule has 2 unspecified atom stereocenters. The predicted octanol–water partition coefficient (Wildman–Crippen LogP) is 0.152. The Labute approximate surface area is 112 Å². The van der Waals surface area contributed by atoms with E-state index in [1.165, 1.54) is 4.90 Å². The summed E-state index contributed by atoms with van der Waals surface area (Å²) in [6, 6.07) is -0.367. The molecule has 1 aliphatic heterocycles. The first-order valence-corrected chi connectivity index (χ1v) is 6.34. The van der Waals surface area contributed by atoms with Crippen LogP contribution in [-0.4, -0.2) is 67.6 Å². The Morgan fingerprint density at radius 3 is 2.74 bits per heavy atom. The maximum absolute atomic E-state index is 12.1. The molecule has 2 N–H and O–H groups in total. The van der Waals surface area contributed by atoms with E-state index >= 15 is 0 Å². The van der Waals surface area contributed by atoms with E-state index in [0.29, 0.717) is 13.2 Å². The van der Waals surface area contributed by atoms with Crippen molar-refractivity contribution in [2.75, 3.05) is 33.4 Å². The molecule has 0 spiro atoms. The highest BCUT2D eigenvalue weighted by Gasteiger charge is 2.30. The van der Waals surface area contributed by atoms with E-state index in [4.69, 9.17) is 14.6 Å². The summed E-state index contributed by atoms with van der Waals surface area (Å²) in [4.78, 5) is 24.4. The summed E-state index contributed by atoms with van der Waals surface area (Å²) in [5.74, 6) is -0.810. The van der Waals surface area contributed by atoms with Gasteiger partial charge in [-0.2, -0.15) is 0 Å². The van der Waals surface area contributed by atoms with Crippen molar-refractivity contribution in [1.29, 1.82) is 0 Å². The molecule has 110 valence electrons. The lowest BCUT2D eigenvalue weighted by Gasteiger charge is -2.33. The van der Waals surface area contributed by atoms with Gasteiger partial charge in [-0.3, -0.25) is 0 Å². The molecule has 1 fully saturated rings. The van der Waals surface area contributed by atoms with Crippen molar-refractivity contribution in [3.8, 4) is 0 Å². The monoisotopic (exact) mass is 274 g/mol. The van der Waals surface area contributed by atoms with Crippen molar-refractivity contribution in [3.63, 3.8) is 0 Å². The number of amides is 2. The third-order valence-corrected chi connectivity index (χ3v) is 3.09. The number of methoxy groups -OCH3 is 1. The quantitative estimate of drug-likeness (QED) is 0.745. The summed E-state index contributed by atoms with van der Waals surface area (Å²) in [6.45, 7) is 5.11. The SMILES string of the molecule is COCC(NC(=O)N1CCOC(C(=O)O)C1)C(C)C. The summed E-state index contributed by atoms with van der Waals surface area (Å²) < 4.78 is 10.1. The predicted molar refractivity (Wildman–Crippen MR) is 68.0 cm³/mol. The standard InChI is InChI=1S/C12H22N2O5/c1-8(2)9(7-18-3)13-12(17)14-4-5-19-10(6-14)11(15)16/h8-10H,4-7H2,1-3H3,(H,13,17)(H,15,16). The van der Waals surface area contributed by atoms with Gasteiger partial charge < -0.3 is 24.8 Å². The van der Waals surface area contributed by atoms with Crippen LogP contribution in [0.2, 0.25) is 0 Å². The minimum absolute atomic E-state index is 0.0684. The Bertz CT molecular complexity index is 321. The molecule has 1 heterocycles. The number of nitrogens with zero attached hydrogens (tertiary/aromatic N) is 1. The van der Waals surface area contributed by atoms with Crippen molar-refractivity contribution in [2.45, 2.75) is 26.0 Å². The molecule has 7 heteroatoms. The van der Waals surface area contributed by atoms with Gasteiger partial charge in [0.05, 0.1) is 25.8 Å². The minimum atomic E-state index is -1.05. The number of carbonyl (C=O) groups is 2. The maximum Gasteiger partial charge on any atom is 0.334 e. The van der Waals surface area contributed by atoms with Crippen molar-refractivity contribution in [1.82, 2.24) is 10.2 Å². The van der Waals surface area contributed by atoms with Gasteiger partial charge in [0.15, 0.2) is 6.10 Å². The fraction of sp³-hybridized carbons (Fsp3) is 0.833. The van der Waals surface area contributed by atoms with Gasteiger partial charge >= 0.3 is 12.0 Å². The van der Waals surface area contributed by atoms with E-state index in [0.717, 1.165) is 0 Å². The number of morpholine rings is 1. The molecule has 2 atom stereocenters. The molecule has 7 nitrogen and oxygen atoms in total. The Morgan fingerprint density at radius 2 is 2.21 bits per heavy atom. The van der Waals surface area contributed by atoms with Gasteiger partial charge in [-0.15, -0.1) is 0 Å². The third kappa shape index (κ3) is 4.68. The van der Waals surface area contributed by atoms with E-state index < -0.39 is 12.1 Å². The second-order valence-electron chi connectivity index (χ2n) is 4.90. The zero-order valence-electron chi connectivity index (χ0n) is 11.6. The van der Waals surface area contributed by atoms with E-state index in [9.17, 15) is 9.59 Å². The molecular weight excluding hydrogens is 252 g/mol. The van der Waals surface area contributed by atoms with Gasteiger partial charge in [0.25, 0.3) is 0 Å². The number of carbonyl (C=O) groups excluding carboxylic acids is 1. The Morgan fingerprint density at radius 1 is 1.53 bits per heavy atom. The zero-order valence-corrected chi connectivity index (χ0v) is 11.6. The van der Waals surface area contributed by atoms with Gasteiger partial charge in [-0.25, -0.2) is 9.59 Å². The molecule has 2 amide bonds. The Hall–Kier alpha value is -1.34. The van der Waals surface area contributed by atoms with Crippen LogP contribution in [-0.2, 0) is 14.3 Å². The van der Waals surface area contributed by atoms with Gasteiger partial charge in [0.2, 0.25) is 0 Å². The molecule has 1 saturated heterocycles.